The van der Waals surface area contributed by atoms with Gasteiger partial charge in [-0.25, -0.2) is 9.98 Å². The van der Waals surface area contributed by atoms with Crippen molar-refractivity contribution >= 4 is 52.6 Å². The first-order valence-corrected chi connectivity index (χ1v) is 12.4. The predicted octanol–water partition coefficient (Wildman–Crippen LogP) is 5.42. The second-order valence-electron chi connectivity index (χ2n) is 8.21. The van der Waals surface area contributed by atoms with E-state index in [-0.39, 0.29) is 26.9 Å². The molecule has 1 heterocycles. The van der Waals surface area contributed by atoms with Crippen LogP contribution in [0.5, 0.6) is 11.5 Å². The maximum atomic E-state index is 12.7. The number of aliphatic imine (C=N–C) groups is 2. The van der Waals surface area contributed by atoms with Crippen LogP contribution in [-0.4, -0.2) is 42.3 Å². The van der Waals surface area contributed by atoms with E-state index in [1.165, 1.54) is 30.2 Å². The molecule has 0 aliphatic carbocycles. The molecule has 9 nitrogen and oxygen atoms in total. The molecule has 1 fully saturated rings. The van der Waals surface area contributed by atoms with E-state index < -0.39 is 0 Å². The number of hydrogen-bond donors (Lipinski definition) is 1. The first-order valence-electron chi connectivity index (χ1n) is 11.5. The van der Waals surface area contributed by atoms with E-state index in [1.807, 2.05) is 38.1 Å². The van der Waals surface area contributed by atoms with Gasteiger partial charge in [0.25, 0.3) is 0 Å². The Labute approximate surface area is 233 Å². The number of carbonyl (C=O) groups excluding carboxylic acids is 1. The number of thioether (sulfide) groups is 1. The van der Waals surface area contributed by atoms with Crippen LogP contribution in [0.1, 0.15) is 22.3 Å². The summed E-state index contributed by atoms with van der Waals surface area (Å²) < 4.78 is 17.4. The van der Waals surface area contributed by atoms with Crippen molar-refractivity contribution in [1.82, 2.24) is 0 Å². The van der Waals surface area contributed by atoms with E-state index in [9.17, 15) is 9.32 Å². The van der Waals surface area contributed by atoms with Gasteiger partial charge in [0.1, 0.15) is 17.9 Å². The molecule has 40 heavy (non-hydrogen) atoms. The molecule has 210 valence electrons. The fourth-order valence-electron chi connectivity index (χ4n) is 3.74. The Hall–Kier alpha value is -4.65. The van der Waals surface area contributed by atoms with E-state index in [0.29, 0.717) is 22.2 Å². The smallest absolute Gasteiger partial charge is 0.243 e. The third-order valence-electron chi connectivity index (χ3n) is 5.58. The number of ether oxygens (including phenoxy) is 1. The summed E-state index contributed by atoms with van der Waals surface area (Å²) in [5.41, 5.74) is 10.8. The highest BCUT2D eigenvalue weighted by molar-refractivity contribution is 8.15. The Morgan fingerprint density at radius 1 is 1.02 bits per heavy atom. The molecule has 0 spiro atoms. The first kappa shape index (κ1) is 31.6. The van der Waals surface area contributed by atoms with Crippen LogP contribution in [0, 0.1) is 13.8 Å². The zero-order valence-electron chi connectivity index (χ0n) is 21.8. The summed E-state index contributed by atoms with van der Waals surface area (Å²) in [6, 6.07) is 17.1. The van der Waals surface area contributed by atoms with Crippen molar-refractivity contribution in [2.24, 2.45) is 25.9 Å². The molecule has 4 rings (SSSR count). The van der Waals surface area contributed by atoms with Crippen molar-refractivity contribution in [3.05, 3.63) is 82.9 Å². The van der Waals surface area contributed by atoms with E-state index >= 15 is 0 Å². The molecule has 1 aliphatic rings. The van der Waals surface area contributed by atoms with Crippen LogP contribution in [-0.2, 0) is 4.79 Å². The number of benzene rings is 3. The lowest BCUT2D eigenvalue weighted by Gasteiger charge is -2.21. The Balaban J connectivity index is 0.00000280. The number of nitrogens with zero attached hydrogens (tertiary/aromatic N) is 5. The highest BCUT2D eigenvalue weighted by Crippen LogP contribution is 2.34. The summed E-state index contributed by atoms with van der Waals surface area (Å²) >= 11 is 1.34. The van der Waals surface area contributed by atoms with E-state index in [1.54, 1.807) is 42.5 Å². The van der Waals surface area contributed by atoms with Crippen LogP contribution in [0.15, 0.2) is 80.9 Å². The Kier molecular flexibility index (Phi) is 11.4. The van der Waals surface area contributed by atoms with Crippen molar-refractivity contribution in [1.29, 1.82) is 0 Å². The van der Waals surface area contributed by atoms with E-state index in [4.69, 9.17) is 10.5 Å². The van der Waals surface area contributed by atoms with Crippen LogP contribution in [0.25, 0.3) is 0 Å². The van der Waals surface area contributed by atoms with Gasteiger partial charge in [-0.15, -0.1) is 5.10 Å². The van der Waals surface area contributed by atoms with Crippen LogP contribution in [0.4, 0.5) is 25.3 Å². The minimum absolute atomic E-state index is 0. The largest absolute Gasteiger partial charge is 0.497 e. The lowest BCUT2D eigenvalue weighted by atomic mass is 10.1. The van der Waals surface area contributed by atoms with Gasteiger partial charge in [-0.2, -0.15) is 5.10 Å². The average Bonchev–Trinajstić information content (AvgIpc) is 3.28. The van der Waals surface area contributed by atoms with Gasteiger partial charge >= 0.3 is 0 Å². The summed E-state index contributed by atoms with van der Waals surface area (Å²) in [6.45, 7) is 3.87. The van der Waals surface area contributed by atoms with Crippen molar-refractivity contribution in [2.45, 2.75) is 13.8 Å². The van der Waals surface area contributed by atoms with Gasteiger partial charge in [-0.3, -0.25) is 24.0 Å². The van der Waals surface area contributed by atoms with Crippen LogP contribution >= 0.6 is 11.8 Å². The molecule has 0 atom stereocenters. The molecule has 0 saturated carbocycles. The van der Waals surface area contributed by atoms with Crippen LogP contribution in [0.3, 0.4) is 0 Å². The number of amidine groups is 2. The average molecular weight is 573 g/mol. The third-order valence-corrected chi connectivity index (χ3v) is 6.49. The number of methoxy groups -OCH3 is 1. The van der Waals surface area contributed by atoms with Crippen LogP contribution in [0.2, 0.25) is 0 Å². The lowest BCUT2D eigenvalue weighted by molar-refractivity contribution is -0.115. The predicted molar refractivity (Wildman–Crippen MR) is 156 cm³/mol. The SMILES string of the molecule is COc1cc(C)c(N2C(=O)CS/C2=N\N=C\c2ccc(C(N)=NC=Nc3ccc(OF)cc3)cc2)c(C)c1.F.F. The fraction of sp³-hybridized carbons (Fsp3) is 0.148. The molecule has 0 unspecified atom stereocenters. The van der Waals surface area contributed by atoms with Crippen molar-refractivity contribution < 1.29 is 28.4 Å². The number of hydrogen-bond acceptors (Lipinski definition) is 7. The molecule has 0 bridgehead atoms. The second kappa shape index (κ2) is 14.5. The maximum absolute atomic E-state index is 12.7. The zero-order chi connectivity index (χ0) is 27.1. The van der Waals surface area contributed by atoms with E-state index in [0.717, 1.165) is 28.1 Å². The third kappa shape index (κ3) is 7.47. The van der Waals surface area contributed by atoms with Crippen molar-refractivity contribution in [2.75, 3.05) is 17.8 Å². The number of rotatable bonds is 8. The van der Waals surface area contributed by atoms with Crippen molar-refractivity contribution in [3.63, 3.8) is 0 Å². The number of amides is 1. The molecular formula is C27H27F3N6O3S. The Morgan fingerprint density at radius 3 is 2.27 bits per heavy atom. The number of anilines is 1. The van der Waals surface area contributed by atoms with E-state index in [2.05, 4.69) is 25.1 Å². The molecule has 1 amide bonds. The molecule has 1 aliphatic heterocycles. The summed E-state index contributed by atoms with van der Waals surface area (Å²) in [6.07, 6.45) is 2.93. The van der Waals surface area contributed by atoms with Crippen molar-refractivity contribution in [3.8, 4) is 11.5 Å². The minimum Gasteiger partial charge on any atom is -0.497 e. The van der Waals surface area contributed by atoms with Crippen LogP contribution < -0.4 is 20.3 Å². The summed E-state index contributed by atoms with van der Waals surface area (Å²) in [5, 5.41) is 9.04. The molecule has 3 aromatic rings. The Morgan fingerprint density at radius 2 is 1.68 bits per heavy atom. The highest BCUT2D eigenvalue weighted by Gasteiger charge is 2.32. The molecule has 3 aromatic carbocycles. The van der Waals surface area contributed by atoms with Gasteiger partial charge in [-0.1, -0.05) is 36.0 Å². The highest BCUT2D eigenvalue weighted by atomic mass is 32.2. The summed E-state index contributed by atoms with van der Waals surface area (Å²) in [7, 11) is 1.61. The summed E-state index contributed by atoms with van der Waals surface area (Å²) in [4.78, 5) is 26.2. The number of nitrogens with two attached hydrogens (primary N) is 1. The molecule has 0 radical (unpaired) electrons. The van der Waals surface area contributed by atoms with Gasteiger partial charge in [0.2, 0.25) is 5.91 Å². The number of aryl methyl sites for hydroxylation is 2. The zero-order valence-corrected chi connectivity index (χ0v) is 22.6. The quantitative estimate of drug-likeness (QED) is 0.220. The standard InChI is InChI=1S/C27H25FN6O3S.2FH/c1-17-12-23(36-3)13-18(2)25(17)34-24(35)15-38-27(34)33-32-14-19-4-6-20(7-5-19)26(29)31-16-30-21-8-10-22(37-28)11-9-21;;/h4-14,16H,15H2,1-3H3,(H2,29,30,31);2*1H/b32-14+,33-27-;;. The van der Waals surface area contributed by atoms with Gasteiger partial charge in [0.15, 0.2) is 10.9 Å². The monoisotopic (exact) mass is 572 g/mol. The number of halogens is 3. The molecule has 13 heteroatoms. The normalized spacial score (nSPS) is 14.5. The second-order valence-corrected chi connectivity index (χ2v) is 9.15. The van der Waals surface area contributed by atoms with Gasteiger partial charge in [-0.05, 0) is 66.9 Å². The molecule has 1 saturated heterocycles. The van der Waals surface area contributed by atoms with Gasteiger partial charge in [0, 0.05) is 10.1 Å². The Bertz CT molecular complexity index is 1420. The minimum atomic E-state index is -0.0474. The molecule has 0 aromatic heterocycles. The van der Waals surface area contributed by atoms with Gasteiger partial charge in [0.05, 0.1) is 30.5 Å². The maximum Gasteiger partial charge on any atom is 0.243 e. The first-order chi connectivity index (χ1) is 18.4. The topological polar surface area (TPSA) is 114 Å². The summed E-state index contributed by atoms with van der Waals surface area (Å²) in [5.74, 6) is 1.36. The number of carbonyl (C=O) groups is 1. The lowest BCUT2D eigenvalue weighted by Crippen LogP contribution is -2.30. The molecular weight excluding hydrogens is 545 g/mol. The van der Waals surface area contributed by atoms with Gasteiger partial charge < -0.3 is 10.5 Å². The molecule has 2 N–H and O–H groups in total. The fourth-order valence-corrected chi connectivity index (χ4v) is 4.55.